The minimum absolute atomic E-state index is 0.183. The summed E-state index contributed by atoms with van der Waals surface area (Å²) < 4.78 is 29.6. The van der Waals surface area contributed by atoms with E-state index in [9.17, 15) is 13.2 Å². The lowest BCUT2D eigenvalue weighted by Crippen LogP contribution is -2.31. The third-order valence-electron chi connectivity index (χ3n) is 5.56. The Hall–Kier alpha value is -3.46. The zero-order chi connectivity index (χ0) is 23.6. The fourth-order valence-electron chi connectivity index (χ4n) is 3.77. The Balaban J connectivity index is 1.46. The second-order valence-corrected chi connectivity index (χ2v) is 10.5. The maximum Gasteiger partial charge on any atom is 0.253 e. The first-order valence-corrected chi connectivity index (χ1v) is 12.6. The lowest BCUT2D eigenvalue weighted by atomic mass is 10.1. The molecule has 0 saturated carbocycles. The summed E-state index contributed by atoms with van der Waals surface area (Å²) in [5, 5.41) is 2.70. The number of nitrogens with zero attached hydrogens (tertiary/aromatic N) is 3. The summed E-state index contributed by atoms with van der Waals surface area (Å²) >= 11 is 0. The first-order chi connectivity index (χ1) is 15.7. The molecule has 0 aliphatic carbocycles. The molecule has 0 spiro atoms. The smallest absolute Gasteiger partial charge is 0.253 e. The Morgan fingerprint density at radius 2 is 1.97 bits per heavy atom. The first kappa shape index (κ1) is 22.7. The van der Waals surface area contributed by atoms with Gasteiger partial charge in [0.2, 0.25) is 0 Å². The predicted octanol–water partition coefficient (Wildman–Crippen LogP) is 3.89. The summed E-state index contributed by atoms with van der Waals surface area (Å²) in [6.45, 7) is 4.48. The second kappa shape index (κ2) is 9.19. The minimum atomic E-state index is -3.16. The second-order valence-electron chi connectivity index (χ2n) is 8.21. The number of carbonyl (C=O) groups is 1. The Bertz CT molecular complexity index is 1290. The molecule has 3 aromatic rings. The van der Waals surface area contributed by atoms with Gasteiger partial charge >= 0.3 is 0 Å². The summed E-state index contributed by atoms with van der Waals surface area (Å²) in [4.78, 5) is 23.2. The number of aryl methyl sites for hydroxylation is 2. The average Bonchev–Trinajstić information content (AvgIpc) is 3.27. The van der Waals surface area contributed by atoms with E-state index in [4.69, 9.17) is 4.74 Å². The van der Waals surface area contributed by atoms with Crippen LogP contribution < -0.4 is 10.1 Å². The van der Waals surface area contributed by atoms with Crippen molar-refractivity contribution in [3.05, 3.63) is 71.7 Å². The summed E-state index contributed by atoms with van der Waals surface area (Å²) in [7, 11) is -3.16. The van der Waals surface area contributed by atoms with Crippen LogP contribution in [0.25, 0.3) is 0 Å². The normalized spacial score (nSPS) is 16.0. The number of ether oxygens (including phenoxy) is 1. The van der Waals surface area contributed by atoms with E-state index in [2.05, 4.69) is 15.3 Å². The SMILES string of the molecule is Cc1ccc(Oc2ccnc(Nc3cccc(C(=O)N4CC[C@H](S(C)(=O)=O)C4)c3)c2)c(C)n1. The lowest BCUT2D eigenvalue weighted by molar-refractivity contribution is 0.0793. The van der Waals surface area contributed by atoms with Crippen LogP contribution in [0.15, 0.2) is 54.7 Å². The first-order valence-electron chi connectivity index (χ1n) is 10.6. The summed E-state index contributed by atoms with van der Waals surface area (Å²) in [6, 6.07) is 14.4. The van der Waals surface area contributed by atoms with E-state index in [1.807, 2.05) is 32.0 Å². The number of hydrogen-bond donors (Lipinski definition) is 1. The monoisotopic (exact) mass is 466 g/mol. The predicted molar refractivity (Wildman–Crippen MR) is 127 cm³/mol. The largest absolute Gasteiger partial charge is 0.455 e. The molecule has 4 rings (SSSR count). The molecule has 8 nitrogen and oxygen atoms in total. The number of hydrogen-bond acceptors (Lipinski definition) is 7. The van der Waals surface area contributed by atoms with Gasteiger partial charge in [-0.3, -0.25) is 9.78 Å². The number of amides is 1. The number of anilines is 2. The van der Waals surface area contributed by atoms with Gasteiger partial charge in [0.25, 0.3) is 5.91 Å². The molecule has 1 aliphatic heterocycles. The van der Waals surface area contributed by atoms with Gasteiger partial charge in [0, 0.05) is 48.6 Å². The number of pyridine rings is 2. The number of aromatic nitrogens is 2. The molecule has 172 valence electrons. The highest BCUT2D eigenvalue weighted by atomic mass is 32.2. The maximum absolute atomic E-state index is 12.9. The van der Waals surface area contributed by atoms with Crippen molar-refractivity contribution in [2.45, 2.75) is 25.5 Å². The van der Waals surface area contributed by atoms with Crippen molar-refractivity contribution in [1.82, 2.24) is 14.9 Å². The van der Waals surface area contributed by atoms with Gasteiger partial charge in [-0.15, -0.1) is 0 Å². The van der Waals surface area contributed by atoms with Crippen molar-refractivity contribution >= 4 is 27.2 Å². The Morgan fingerprint density at radius 3 is 2.70 bits per heavy atom. The molecule has 2 aromatic heterocycles. The van der Waals surface area contributed by atoms with E-state index in [1.165, 1.54) is 6.26 Å². The van der Waals surface area contributed by atoms with Gasteiger partial charge in [-0.1, -0.05) is 6.07 Å². The fraction of sp³-hybridized carbons (Fsp3) is 0.292. The molecule has 0 unspecified atom stereocenters. The molecule has 3 heterocycles. The third-order valence-corrected chi connectivity index (χ3v) is 7.15. The van der Waals surface area contributed by atoms with E-state index >= 15 is 0 Å². The lowest BCUT2D eigenvalue weighted by Gasteiger charge is -2.17. The van der Waals surface area contributed by atoms with Crippen molar-refractivity contribution in [2.75, 3.05) is 24.7 Å². The molecule has 1 aromatic carbocycles. The highest BCUT2D eigenvalue weighted by Gasteiger charge is 2.32. The molecular formula is C24H26N4O4S. The Morgan fingerprint density at radius 1 is 1.15 bits per heavy atom. The van der Waals surface area contributed by atoms with Crippen LogP contribution in [-0.4, -0.2) is 53.8 Å². The van der Waals surface area contributed by atoms with E-state index < -0.39 is 15.1 Å². The summed E-state index contributed by atoms with van der Waals surface area (Å²) in [5.74, 6) is 1.66. The Labute approximate surface area is 193 Å². The standard InChI is InChI=1S/C24H26N4O4S/c1-16-7-8-22(17(2)26-16)32-20-9-11-25-23(14-20)27-19-6-4-5-18(13-19)24(29)28-12-10-21(15-28)33(3,30)31/h4-9,11,13-14,21H,10,12,15H2,1-3H3,(H,25,27)/t21-/m0/s1. The number of benzene rings is 1. The molecule has 9 heteroatoms. The van der Waals surface area contributed by atoms with E-state index in [-0.39, 0.29) is 12.5 Å². The molecule has 1 aliphatic rings. The average molecular weight is 467 g/mol. The van der Waals surface area contributed by atoms with Gasteiger partial charge in [0.1, 0.15) is 17.3 Å². The van der Waals surface area contributed by atoms with Crippen molar-refractivity contribution < 1.29 is 17.9 Å². The highest BCUT2D eigenvalue weighted by Crippen LogP contribution is 2.27. The number of sulfone groups is 1. The zero-order valence-corrected chi connectivity index (χ0v) is 19.6. The molecule has 1 saturated heterocycles. The van der Waals surface area contributed by atoms with Crippen LogP contribution in [0.1, 0.15) is 28.2 Å². The van der Waals surface area contributed by atoms with Crippen molar-refractivity contribution in [3.8, 4) is 11.5 Å². The molecule has 0 radical (unpaired) electrons. The Kier molecular flexibility index (Phi) is 6.33. The van der Waals surface area contributed by atoms with Gasteiger partial charge < -0.3 is 15.0 Å². The van der Waals surface area contributed by atoms with E-state index in [0.29, 0.717) is 41.5 Å². The maximum atomic E-state index is 12.9. The quantitative estimate of drug-likeness (QED) is 0.588. The number of rotatable bonds is 6. The summed E-state index contributed by atoms with van der Waals surface area (Å²) in [6.07, 6.45) is 3.33. The van der Waals surface area contributed by atoms with Gasteiger partial charge in [0.05, 0.1) is 10.9 Å². The fourth-order valence-corrected chi connectivity index (χ4v) is 4.76. The number of carbonyl (C=O) groups excluding carboxylic acids is 1. The number of nitrogens with one attached hydrogen (secondary N) is 1. The molecule has 33 heavy (non-hydrogen) atoms. The van der Waals surface area contributed by atoms with E-state index in [1.54, 1.807) is 41.4 Å². The van der Waals surface area contributed by atoms with Gasteiger partial charge in [-0.2, -0.15) is 0 Å². The van der Waals surface area contributed by atoms with Gasteiger partial charge in [-0.25, -0.2) is 13.4 Å². The molecule has 1 amide bonds. The van der Waals surface area contributed by atoms with Crippen molar-refractivity contribution in [2.24, 2.45) is 0 Å². The van der Waals surface area contributed by atoms with Crippen LogP contribution in [0.2, 0.25) is 0 Å². The van der Waals surface area contributed by atoms with Crippen LogP contribution in [0.4, 0.5) is 11.5 Å². The van der Waals surface area contributed by atoms with Crippen LogP contribution in [0, 0.1) is 13.8 Å². The molecule has 1 N–H and O–H groups in total. The van der Waals surface area contributed by atoms with Crippen molar-refractivity contribution in [3.63, 3.8) is 0 Å². The third kappa shape index (κ3) is 5.48. The van der Waals surface area contributed by atoms with Gasteiger partial charge in [0.15, 0.2) is 9.84 Å². The topological polar surface area (TPSA) is 101 Å². The molecule has 0 bridgehead atoms. The molecular weight excluding hydrogens is 440 g/mol. The van der Waals surface area contributed by atoms with Crippen molar-refractivity contribution in [1.29, 1.82) is 0 Å². The van der Waals surface area contributed by atoms with Crippen LogP contribution in [-0.2, 0) is 9.84 Å². The molecule has 1 fully saturated rings. The van der Waals surface area contributed by atoms with Crippen LogP contribution in [0.3, 0.4) is 0 Å². The highest BCUT2D eigenvalue weighted by molar-refractivity contribution is 7.91. The molecule has 1 atom stereocenters. The summed E-state index contributed by atoms with van der Waals surface area (Å²) in [5.41, 5.74) is 2.90. The van der Waals surface area contributed by atoms with Crippen LogP contribution in [0.5, 0.6) is 11.5 Å². The van der Waals surface area contributed by atoms with Gasteiger partial charge in [-0.05, 0) is 56.7 Å². The van der Waals surface area contributed by atoms with E-state index in [0.717, 1.165) is 11.4 Å². The minimum Gasteiger partial charge on any atom is -0.455 e. The zero-order valence-electron chi connectivity index (χ0n) is 18.8. The number of likely N-dealkylation sites (tertiary alicyclic amines) is 1. The van der Waals surface area contributed by atoms with Crippen LogP contribution >= 0.6 is 0 Å².